The summed E-state index contributed by atoms with van der Waals surface area (Å²) >= 11 is 0. The van der Waals surface area contributed by atoms with Crippen LogP contribution in [0.2, 0.25) is 0 Å². The molecule has 0 unspecified atom stereocenters. The molecular formula is C18H20Cl2N2O3. The molecule has 0 saturated carbocycles. The molecule has 2 aromatic rings. The van der Waals surface area contributed by atoms with Gasteiger partial charge in [0.1, 0.15) is 0 Å². The number of anilines is 1. The number of hydrogen-bond donors (Lipinski definition) is 3. The van der Waals surface area contributed by atoms with Gasteiger partial charge in [-0.25, -0.2) is 0 Å². The lowest BCUT2D eigenvalue weighted by Crippen LogP contribution is -2.24. The number of nitrogen functional groups attached to an aromatic ring is 1. The molecular weight excluding hydrogens is 363 g/mol. The fourth-order valence-electron chi connectivity index (χ4n) is 2.90. The standard InChI is InChI=1S/C18H18N2O3.2ClH/c19-16-11(7-8-20-9-10-21)5-6-14-15(16)18(23)13-4-2-1-3-12(13)17(14)22;;/h1-6,20-21H,7-10,19H2;2*1H. The van der Waals surface area contributed by atoms with Gasteiger partial charge in [0.15, 0.2) is 11.6 Å². The molecule has 7 heteroatoms. The molecule has 4 N–H and O–H groups in total. The van der Waals surface area contributed by atoms with Crippen LogP contribution < -0.4 is 11.1 Å². The van der Waals surface area contributed by atoms with Gasteiger partial charge in [0.05, 0.1) is 12.2 Å². The summed E-state index contributed by atoms with van der Waals surface area (Å²) in [5.41, 5.74) is 8.91. The van der Waals surface area contributed by atoms with Gasteiger partial charge >= 0.3 is 0 Å². The molecule has 0 aromatic heterocycles. The van der Waals surface area contributed by atoms with Crippen molar-refractivity contribution in [1.29, 1.82) is 0 Å². The molecule has 0 atom stereocenters. The van der Waals surface area contributed by atoms with Gasteiger partial charge in [-0.15, -0.1) is 24.8 Å². The number of ketones is 2. The zero-order valence-electron chi connectivity index (χ0n) is 13.5. The number of aliphatic hydroxyl groups is 1. The van der Waals surface area contributed by atoms with Crippen molar-refractivity contribution < 1.29 is 14.7 Å². The Morgan fingerprint density at radius 3 is 2.16 bits per heavy atom. The number of aliphatic hydroxyl groups excluding tert-OH is 1. The van der Waals surface area contributed by atoms with Gasteiger partial charge in [-0.05, 0) is 24.6 Å². The van der Waals surface area contributed by atoms with Crippen molar-refractivity contribution in [3.8, 4) is 0 Å². The van der Waals surface area contributed by atoms with Gasteiger partial charge in [0.2, 0.25) is 0 Å². The SMILES string of the molecule is Cl.Cl.Nc1c(CCNCCO)ccc2c1C(=O)c1ccccc1C2=O. The van der Waals surface area contributed by atoms with Crippen molar-refractivity contribution in [3.05, 3.63) is 64.2 Å². The predicted octanol–water partition coefficient (Wildman–Crippen LogP) is 2.01. The maximum atomic E-state index is 12.7. The van der Waals surface area contributed by atoms with Gasteiger partial charge in [0.25, 0.3) is 0 Å². The fourth-order valence-corrected chi connectivity index (χ4v) is 2.90. The second kappa shape index (κ2) is 8.97. The number of fused-ring (bicyclic) bond motifs is 2. The molecule has 0 heterocycles. The van der Waals surface area contributed by atoms with E-state index >= 15 is 0 Å². The van der Waals surface area contributed by atoms with E-state index in [0.29, 0.717) is 47.5 Å². The van der Waals surface area contributed by atoms with Crippen LogP contribution in [-0.4, -0.2) is 36.4 Å². The van der Waals surface area contributed by atoms with Crippen LogP contribution in [0.5, 0.6) is 0 Å². The summed E-state index contributed by atoms with van der Waals surface area (Å²) < 4.78 is 0. The van der Waals surface area contributed by atoms with Gasteiger partial charge in [0, 0.05) is 28.9 Å². The van der Waals surface area contributed by atoms with Crippen LogP contribution in [-0.2, 0) is 6.42 Å². The summed E-state index contributed by atoms with van der Waals surface area (Å²) in [5, 5.41) is 11.8. The average molecular weight is 383 g/mol. The molecule has 5 nitrogen and oxygen atoms in total. The molecule has 0 fully saturated rings. The lowest BCUT2D eigenvalue weighted by Gasteiger charge is -2.20. The summed E-state index contributed by atoms with van der Waals surface area (Å²) in [6.07, 6.45) is 0.627. The smallest absolute Gasteiger partial charge is 0.196 e. The first-order valence-electron chi connectivity index (χ1n) is 7.56. The summed E-state index contributed by atoms with van der Waals surface area (Å²) in [4.78, 5) is 25.3. The summed E-state index contributed by atoms with van der Waals surface area (Å²) in [6, 6.07) is 10.3. The van der Waals surface area contributed by atoms with Crippen molar-refractivity contribution in [2.75, 3.05) is 25.4 Å². The normalized spacial score (nSPS) is 11.9. The Kier molecular flexibility index (Phi) is 7.58. The highest BCUT2D eigenvalue weighted by Gasteiger charge is 2.31. The third-order valence-electron chi connectivity index (χ3n) is 4.08. The number of benzene rings is 2. The van der Waals surface area contributed by atoms with Gasteiger partial charge in [-0.1, -0.05) is 30.3 Å². The van der Waals surface area contributed by atoms with Crippen molar-refractivity contribution in [3.63, 3.8) is 0 Å². The number of carbonyl (C=O) groups excluding carboxylic acids is 2. The van der Waals surface area contributed by atoms with E-state index in [4.69, 9.17) is 10.8 Å². The zero-order valence-corrected chi connectivity index (χ0v) is 15.1. The zero-order chi connectivity index (χ0) is 16.4. The van der Waals surface area contributed by atoms with E-state index in [1.165, 1.54) is 0 Å². The third kappa shape index (κ3) is 3.85. The molecule has 0 bridgehead atoms. The molecule has 0 aliphatic heterocycles. The van der Waals surface area contributed by atoms with Gasteiger partial charge in [-0.3, -0.25) is 9.59 Å². The predicted molar refractivity (Wildman–Crippen MR) is 102 cm³/mol. The molecule has 0 radical (unpaired) electrons. The number of nitrogens with two attached hydrogens (primary N) is 1. The van der Waals surface area contributed by atoms with Crippen LogP contribution in [0.25, 0.3) is 0 Å². The van der Waals surface area contributed by atoms with E-state index in [1.807, 2.05) is 0 Å². The quantitative estimate of drug-likeness (QED) is 0.463. The monoisotopic (exact) mass is 382 g/mol. The van der Waals surface area contributed by atoms with Crippen molar-refractivity contribution in [2.45, 2.75) is 6.42 Å². The molecule has 0 amide bonds. The highest BCUT2D eigenvalue weighted by molar-refractivity contribution is 6.30. The summed E-state index contributed by atoms with van der Waals surface area (Å²) in [6.45, 7) is 1.22. The number of rotatable bonds is 5. The minimum Gasteiger partial charge on any atom is -0.398 e. The van der Waals surface area contributed by atoms with Crippen LogP contribution in [0.15, 0.2) is 36.4 Å². The van der Waals surface area contributed by atoms with Crippen molar-refractivity contribution >= 4 is 42.1 Å². The second-order valence-corrected chi connectivity index (χ2v) is 5.49. The first-order chi connectivity index (χ1) is 11.1. The highest BCUT2D eigenvalue weighted by Crippen LogP contribution is 2.32. The Bertz CT molecular complexity index is 794. The minimum atomic E-state index is -0.196. The lowest BCUT2D eigenvalue weighted by atomic mass is 9.82. The average Bonchev–Trinajstić information content (AvgIpc) is 2.57. The second-order valence-electron chi connectivity index (χ2n) is 5.49. The molecule has 3 rings (SSSR count). The maximum Gasteiger partial charge on any atom is 0.196 e. The van der Waals surface area contributed by atoms with E-state index < -0.39 is 0 Å². The Balaban J connectivity index is 0.00000156. The van der Waals surface area contributed by atoms with Crippen molar-refractivity contribution in [2.24, 2.45) is 0 Å². The Hall–Kier alpha value is -1.92. The molecule has 134 valence electrons. The summed E-state index contributed by atoms with van der Waals surface area (Å²) in [7, 11) is 0. The summed E-state index contributed by atoms with van der Waals surface area (Å²) in [5.74, 6) is -0.357. The maximum absolute atomic E-state index is 12.7. The largest absolute Gasteiger partial charge is 0.398 e. The number of hydrogen-bond acceptors (Lipinski definition) is 5. The molecule has 25 heavy (non-hydrogen) atoms. The van der Waals surface area contributed by atoms with Crippen LogP contribution in [0.1, 0.15) is 37.4 Å². The molecule has 0 saturated heterocycles. The molecule has 1 aliphatic rings. The van der Waals surface area contributed by atoms with Crippen LogP contribution in [0.4, 0.5) is 5.69 Å². The van der Waals surface area contributed by atoms with Gasteiger partial charge in [-0.2, -0.15) is 0 Å². The van der Waals surface area contributed by atoms with E-state index in [2.05, 4.69) is 5.32 Å². The van der Waals surface area contributed by atoms with E-state index in [9.17, 15) is 9.59 Å². The topological polar surface area (TPSA) is 92.4 Å². The first kappa shape index (κ1) is 21.1. The minimum absolute atomic E-state index is 0. The van der Waals surface area contributed by atoms with E-state index in [0.717, 1.165) is 5.56 Å². The Labute approximate surface area is 158 Å². The van der Waals surface area contributed by atoms with Crippen LogP contribution >= 0.6 is 24.8 Å². The highest BCUT2D eigenvalue weighted by atomic mass is 35.5. The van der Waals surface area contributed by atoms with Crippen LogP contribution in [0.3, 0.4) is 0 Å². The number of carbonyl (C=O) groups is 2. The lowest BCUT2D eigenvalue weighted by molar-refractivity contribution is 0.0979. The van der Waals surface area contributed by atoms with Gasteiger partial charge < -0.3 is 16.2 Å². The number of nitrogens with one attached hydrogen (secondary N) is 1. The number of halogens is 2. The Morgan fingerprint density at radius 1 is 0.880 bits per heavy atom. The van der Waals surface area contributed by atoms with E-state index in [-0.39, 0.29) is 43.0 Å². The Morgan fingerprint density at radius 2 is 1.52 bits per heavy atom. The van der Waals surface area contributed by atoms with E-state index in [1.54, 1.807) is 36.4 Å². The molecule has 0 spiro atoms. The molecule has 1 aliphatic carbocycles. The fraction of sp³-hybridized carbons (Fsp3) is 0.222. The first-order valence-corrected chi connectivity index (χ1v) is 7.56. The van der Waals surface area contributed by atoms with Crippen molar-refractivity contribution in [1.82, 2.24) is 5.32 Å². The molecule has 2 aromatic carbocycles. The third-order valence-corrected chi connectivity index (χ3v) is 4.08. The van der Waals surface area contributed by atoms with Crippen LogP contribution in [0, 0.1) is 0 Å².